The molecule has 1 aliphatic heterocycles. The number of para-hydroxylation sites is 2. The Morgan fingerprint density at radius 3 is 2.43 bits per heavy atom. The van der Waals surface area contributed by atoms with E-state index in [9.17, 15) is 8.42 Å². The van der Waals surface area contributed by atoms with Gasteiger partial charge in [0, 0.05) is 32.9 Å². The second-order valence-corrected chi connectivity index (χ2v) is 7.85. The van der Waals surface area contributed by atoms with E-state index in [2.05, 4.69) is 9.88 Å². The van der Waals surface area contributed by atoms with E-state index in [0.29, 0.717) is 11.5 Å². The minimum Gasteiger partial charge on any atom is -0.373 e. The minimum atomic E-state index is -3.70. The molecule has 0 radical (unpaired) electrons. The van der Waals surface area contributed by atoms with E-state index in [-0.39, 0.29) is 11.1 Å². The van der Waals surface area contributed by atoms with E-state index in [1.165, 1.54) is 4.31 Å². The molecule has 0 N–H and O–H groups in total. The molecule has 3 rings (SSSR count). The number of nitrogens with zero attached hydrogens (tertiary/aromatic N) is 4. The van der Waals surface area contributed by atoms with Crippen LogP contribution in [0, 0.1) is 6.92 Å². The summed E-state index contributed by atoms with van der Waals surface area (Å²) in [6.45, 7) is 4.56. The van der Waals surface area contributed by atoms with Crippen LogP contribution in [0.4, 0.5) is 11.4 Å². The zero-order valence-corrected chi connectivity index (χ0v) is 14.7. The number of hydrogen-bond donors (Lipinski definition) is 0. The van der Waals surface area contributed by atoms with Crippen molar-refractivity contribution < 1.29 is 8.42 Å². The Morgan fingerprint density at radius 1 is 1.17 bits per heavy atom. The van der Waals surface area contributed by atoms with Crippen molar-refractivity contribution in [1.29, 1.82) is 0 Å². The first-order chi connectivity index (χ1) is 10.8. The van der Waals surface area contributed by atoms with E-state index >= 15 is 0 Å². The molecule has 1 aliphatic rings. The van der Waals surface area contributed by atoms with Crippen LogP contribution in [-0.2, 0) is 17.1 Å². The van der Waals surface area contributed by atoms with Crippen LogP contribution in [0.2, 0.25) is 0 Å². The second-order valence-electron chi connectivity index (χ2n) is 6.09. The zero-order valence-electron chi connectivity index (χ0n) is 13.9. The fraction of sp³-hybridized carbons (Fsp3) is 0.438. The van der Waals surface area contributed by atoms with Gasteiger partial charge in [-0.1, -0.05) is 12.1 Å². The van der Waals surface area contributed by atoms with E-state index in [4.69, 9.17) is 0 Å². The monoisotopic (exact) mass is 334 g/mol. The van der Waals surface area contributed by atoms with Crippen molar-refractivity contribution in [3.05, 3.63) is 36.3 Å². The molecule has 1 atom stereocenters. The van der Waals surface area contributed by atoms with Gasteiger partial charge >= 0.3 is 0 Å². The van der Waals surface area contributed by atoms with E-state index < -0.39 is 10.0 Å². The molecule has 7 heteroatoms. The molecule has 0 saturated heterocycles. The van der Waals surface area contributed by atoms with Gasteiger partial charge in [0.1, 0.15) is 5.82 Å². The normalized spacial score (nSPS) is 18.7. The summed E-state index contributed by atoms with van der Waals surface area (Å²) in [4.78, 5) is 6.34. The Balaban J connectivity index is 2.18. The molecule has 1 aromatic heterocycles. The van der Waals surface area contributed by atoms with Gasteiger partial charge in [-0.05, 0) is 32.4 Å². The molecule has 124 valence electrons. The first kappa shape index (κ1) is 15.9. The van der Waals surface area contributed by atoms with Crippen molar-refractivity contribution >= 4 is 21.4 Å². The molecule has 1 unspecified atom stereocenters. The lowest BCUT2D eigenvalue weighted by Gasteiger charge is -2.28. The van der Waals surface area contributed by atoms with Gasteiger partial charge in [0.25, 0.3) is 10.0 Å². The number of anilines is 2. The highest BCUT2D eigenvalue weighted by molar-refractivity contribution is 7.92. The highest BCUT2D eigenvalue weighted by Gasteiger charge is 2.35. The summed E-state index contributed by atoms with van der Waals surface area (Å²) in [6, 6.07) is 7.49. The van der Waals surface area contributed by atoms with Crippen LogP contribution in [0.25, 0.3) is 0 Å². The lowest BCUT2D eigenvalue weighted by Crippen LogP contribution is -2.38. The van der Waals surface area contributed by atoms with Gasteiger partial charge in [0.15, 0.2) is 5.03 Å². The number of imidazole rings is 1. The smallest absolute Gasteiger partial charge is 0.283 e. The Bertz CT molecular complexity index is 809. The summed E-state index contributed by atoms with van der Waals surface area (Å²) in [5, 5.41) is 0.101. The van der Waals surface area contributed by atoms with Crippen LogP contribution in [0.15, 0.2) is 35.5 Å². The van der Waals surface area contributed by atoms with Crippen molar-refractivity contribution in [1.82, 2.24) is 9.55 Å². The van der Waals surface area contributed by atoms with Crippen molar-refractivity contribution in [2.75, 3.05) is 22.8 Å². The number of fused-ring (bicyclic) bond motifs is 1. The third-order valence-corrected chi connectivity index (χ3v) is 6.22. The van der Waals surface area contributed by atoms with Crippen molar-refractivity contribution in [3.8, 4) is 0 Å². The SMILES string of the molecule is Cc1nc(S(=O)(=O)N2c3ccccc3N(C)CCC2C)cn1C. The van der Waals surface area contributed by atoms with Crippen molar-refractivity contribution in [2.24, 2.45) is 7.05 Å². The lowest BCUT2D eigenvalue weighted by atomic mass is 10.2. The fourth-order valence-corrected chi connectivity index (χ4v) is 4.68. The summed E-state index contributed by atoms with van der Waals surface area (Å²) in [5.74, 6) is 0.677. The third-order valence-electron chi connectivity index (χ3n) is 4.42. The Morgan fingerprint density at radius 2 is 1.83 bits per heavy atom. The Labute approximate surface area is 137 Å². The minimum absolute atomic E-state index is 0.101. The summed E-state index contributed by atoms with van der Waals surface area (Å²) < 4.78 is 29.7. The maximum atomic E-state index is 13.2. The van der Waals surface area contributed by atoms with Crippen molar-refractivity contribution in [3.63, 3.8) is 0 Å². The molecular weight excluding hydrogens is 312 g/mol. The van der Waals surface area contributed by atoms with Crippen LogP contribution < -0.4 is 9.21 Å². The highest BCUT2D eigenvalue weighted by atomic mass is 32.2. The van der Waals surface area contributed by atoms with Gasteiger partial charge < -0.3 is 9.47 Å². The molecule has 2 heterocycles. The van der Waals surface area contributed by atoms with E-state index in [1.807, 2.05) is 38.2 Å². The maximum Gasteiger partial charge on any atom is 0.283 e. The number of benzene rings is 1. The van der Waals surface area contributed by atoms with E-state index in [1.54, 1.807) is 24.7 Å². The molecule has 0 fully saturated rings. The summed E-state index contributed by atoms with van der Waals surface area (Å²) in [5.41, 5.74) is 1.64. The molecular formula is C16H22N4O2S. The van der Waals surface area contributed by atoms with Gasteiger partial charge in [-0.15, -0.1) is 0 Å². The van der Waals surface area contributed by atoms with Crippen molar-refractivity contribution in [2.45, 2.75) is 31.3 Å². The number of hydrogen-bond acceptors (Lipinski definition) is 4. The lowest BCUT2D eigenvalue weighted by molar-refractivity contribution is 0.572. The molecule has 2 aromatic rings. The zero-order chi connectivity index (χ0) is 16.8. The molecule has 23 heavy (non-hydrogen) atoms. The van der Waals surface area contributed by atoms with Gasteiger partial charge in [0.05, 0.1) is 11.4 Å². The Hall–Kier alpha value is -2.02. The Kier molecular flexibility index (Phi) is 3.83. The summed E-state index contributed by atoms with van der Waals surface area (Å²) >= 11 is 0. The topological polar surface area (TPSA) is 58.4 Å². The largest absolute Gasteiger partial charge is 0.373 e. The number of rotatable bonds is 2. The second kappa shape index (κ2) is 5.56. The van der Waals surface area contributed by atoms with Crippen LogP contribution in [0.5, 0.6) is 0 Å². The highest BCUT2D eigenvalue weighted by Crippen LogP contribution is 2.37. The molecule has 6 nitrogen and oxygen atoms in total. The van der Waals surface area contributed by atoms with Gasteiger partial charge in [-0.25, -0.2) is 4.98 Å². The average molecular weight is 334 g/mol. The van der Waals surface area contributed by atoms with Gasteiger partial charge in [-0.2, -0.15) is 8.42 Å². The standard InChI is InChI=1S/C16H22N4O2S/c1-12-9-10-18(3)14-7-5-6-8-15(14)20(12)23(21,22)16-11-19(4)13(2)17-16/h5-8,11-12H,9-10H2,1-4H3. The van der Waals surface area contributed by atoms with Gasteiger partial charge in [0.2, 0.25) is 0 Å². The third kappa shape index (κ3) is 2.59. The number of aromatic nitrogens is 2. The first-order valence-electron chi connectivity index (χ1n) is 7.67. The fourth-order valence-electron chi connectivity index (χ4n) is 2.95. The molecule has 0 amide bonds. The molecule has 0 aliphatic carbocycles. The number of sulfonamides is 1. The summed E-state index contributed by atoms with van der Waals surface area (Å²) in [6.07, 6.45) is 2.34. The van der Waals surface area contributed by atoms with Crippen LogP contribution in [0.3, 0.4) is 0 Å². The molecule has 0 spiro atoms. The van der Waals surface area contributed by atoms with Crippen LogP contribution in [-0.4, -0.2) is 37.6 Å². The average Bonchev–Trinajstić information content (AvgIpc) is 2.79. The molecule has 1 aromatic carbocycles. The molecule has 0 saturated carbocycles. The van der Waals surface area contributed by atoms with Crippen LogP contribution >= 0.6 is 0 Å². The van der Waals surface area contributed by atoms with Crippen LogP contribution in [0.1, 0.15) is 19.2 Å². The predicted octanol–water partition coefficient (Wildman–Crippen LogP) is 2.15. The van der Waals surface area contributed by atoms with E-state index in [0.717, 1.165) is 18.7 Å². The van der Waals surface area contributed by atoms with Gasteiger partial charge in [-0.3, -0.25) is 4.31 Å². The first-order valence-corrected chi connectivity index (χ1v) is 9.11. The predicted molar refractivity (Wildman–Crippen MR) is 91.4 cm³/mol. The maximum absolute atomic E-state index is 13.2. The summed E-state index contributed by atoms with van der Waals surface area (Å²) in [7, 11) is 0.0948. The molecule has 0 bridgehead atoms. The quantitative estimate of drug-likeness (QED) is 0.844. The number of aryl methyl sites for hydroxylation is 2.